The fourth-order valence-electron chi connectivity index (χ4n) is 2.38. The van der Waals surface area contributed by atoms with Crippen molar-refractivity contribution in [2.45, 2.75) is 57.5 Å². The van der Waals surface area contributed by atoms with E-state index in [0.717, 1.165) is 25.9 Å². The highest BCUT2D eigenvalue weighted by molar-refractivity contribution is 6.36. The minimum atomic E-state index is -0.269. The van der Waals surface area contributed by atoms with Crippen LogP contribution in [0.1, 0.15) is 45.4 Å². The maximum Gasteiger partial charge on any atom is 0.290 e. The molecule has 0 aromatic carbocycles. The standard InChI is InChI=1S/C13H22N2O2/c1-2-12(16)13(17)15-8-4-3-5-11(15)9-14-10-6-7-10/h10-11,14H,2-9H2,1H3. The monoisotopic (exact) mass is 238 g/mol. The van der Waals surface area contributed by atoms with Crippen molar-refractivity contribution in [3.63, 3.8) is 0 Å². The van der Waals surface area contributed by atoms with Crippen LogP contribution < -0.4 is 5.32 Å². The average Bonchev–Trinajstić information content (AvgIpc) is 3.19. The van der Waals surface area contributed by atoms with Gasteiger partial charge in [-0.15, -0.1) is 0 Å². The largest absolute Gasteiger partial charge is 0.332 e. The smallest absolute Gasteiger partial charge is 0.290 e. The summed E-state index contributed by atoms with van der Waals surface area (Å²) in [5.41, 5.74) is 0. The lowest BCUT2D eigenvalue weighted by Gasteiger charge is -2.35. The Morgan fingerprint density at radius 1 is 1.24 bits per heavy atom. The van der Waals surface area contributed by atoms with Crippen LogP contribution in [0.5, 0.6) is 0 Å². The number of rotatable bonds is 5. The number of ketones is 1. The Balaban J connectivity index is 1.90. The molecule has 1 N–H and O–H groups in total. The highest BCUT2D eigenvalue weighted by Gasteiger charge is 2.31. The van der Waals surface area contributed by atoms with Crippen molar-refractivity contribution >= 4 is 11.7 Å². The molecule has 1 heterocycles. The molecule has 0 aromatic rings. The lowest BCUT2D eigenvalue weighted by Crippen LogP contribution is -2.50. The molecule has 1 amide bonds. The summed E-state index contributed by atoms with van der Waals surface area (Å²) in [5, 5.41) is 3.46. The molecule has 0 spiro atoms. The first-order valence-electron chi connectivity index (χ1n) is 6.79. The molecule has 96 valence electrons. The quantitative estimate of drug-likeness (QED) is 0.730. The van der Waals surface area contributed by atoms with Crippen LogP contribution in [0.4, 0.5) is 0 Å². The van der Waals surface area contributed by atoms with Gasteiger partial charge in [-0.3, -0.25) is 9.59 Å². The van der Waals surface area contributed by atoms with Crippen molar-refractivity contribution in [3.05, 3.63) is 0 Å². The molecule has 0 aromatic heterocycles. The molecule has 2 rings (SSSR count). The summed E-state index contributed by atoms with van der Waals surface area (Å²) in [7, 11) is 0. The van der Waals surface area contributed by atoms with Gasteiger partial charge in [0.1, 0.15) is 0 Å². The molecule has 1 atom stereocenters. The molecule has 2 aliphatic rings. The van der Waals surface area contributed by atoms with Gasteiger partial charge in [0, 0.05) is 31.6 Å². The molecule has 0 bridgehead atoms. The van der Waals surface area contributed by atoms with Crippen LogP contribution >= 0.6 is 0 Å². The summed E-state index contributed by atoms with van der Waals surface area (Å²) in [5.74, 6) is -0.516. The third-order valence-electron chi connectivity index (χ3n) is 3.67. The molecule has 1 aliphatic heterocycles. The number of nitrogens with zero attached hydrogens (tertiary/aromatic N) is 1. The zero-order chi connectivity index (χ0) is 12.3. The van der Waals surface area contributed by atoms with E-state index in [2.05, 4.69) is 5.32 Å². The third kappa shape index (κ3) is 3.28. The number of hydrogen-bond donors (Lipinski definition) is 1. The Labute approximate surface area is 103 Å². The first-order chi connectivity index (χ1) is 8.22. The highest BCUT2D eigenvalue weighted by atomic mass is 16.2. The minimum absolute atomic E-state index is 0.229. The van der Waals surface area contributed by atoms with E-state index in [1.54, 1.807) is 11.8 Å². The van der Waals surface area contributed by atoms with Gasteiger partial charge >= 0.3 is 0 Å². The fourth-order valence-corrected chi connectivity index (χ4v) is 2.38. The van der Waals surface area contributed by atoms with Crippen LogP contribution in [0.15, 0.2) is 0 Å². The van der Waals surface area contributed by atoms with E-state index < -0.39 is 0 Å². The summed E-state index contributed by atoms with van der Waals surface area (Å²) in [4.78, 5) is 25.2. The second-order valence-corrected chi connectivity index (χ2v) is 5.11. The summed E-state index contributed by atoms with van der Waals surface area (Å²) in [6.07, 6.45) is 6.06. The Kier molecular flexibility index (Phi) is 4.15. The first kappa shape index (κ1) is 12.6. The van der Waals surface area contributed by atoms with Crippen LogP contribution in [0.3, 0.4) is 0 Å². The van der Waals surface area contributed by atoms with Gasteiger partial charge in [0.15, 0.2) is 0 Å². The number of amides is 1. The number of piperidine rings is 1. The minimum Gasteiger partial charge on any atom is -0.332 e. The zero-order valence-corrected chi connectivity index (χ0v) is 10.6. The molecule has 17 heavy (non-hydrogen) atoms. The van der Waals surface area contributed by atoms with E-state index in [9.17, 15) is 9.59 Å². The van der Waals surface area contributed by atoms with Crippen molar-refractivity contribution in [2.24, 2.45) is 0 Å². The Morgan fingerprint density at radius 3 is 2.65 bits per heavy atom. The molecule has 0 radical (unpaired) electrons. The Bertz CT molecular complexity index is 300. The summed E-state index contributed by atoms with van der Waals surface area (Å²) < 4.78 is 0. The average molecular weight is 238 g/mol. The highest BCUT2D eigenvalue weighted by Crippen LogP contribution is 2.21. The van der Waals surface area contributed by atoms with Crippen molar-refractivity contribution in [2.75, 3.05) is 13.1 Å². The fraction of sp³-hybridized carbons (Fsp3) is 0.846. The normalized spacial score (nSPS) is 24.8. The van der Waals surface area contributed by atoms with Crippen molar-refractivity contribution in [1.82, 2.24) is 10.2 Å². The first-order valence-corrected chi connectivity index (χ1v) is 6.79. The van der Waals surface area contributed by atoms with Crippen LogP contribution in [0, 0.1) is 0 Å². The molecule has 2 fully saturated rings. The van der Waals surface area contributed by atoms with Crippen LogP contribution in [-0.4, -0.2) is 41.8 Å². The van der Waals surface area contributed by atoms with Gasteiger partial charge in [0.2, 0.25) is 5.78 Å². The number of hydrogen-bond acceptors (Lipinski definition) is 3. The van der Waals surface area contributed by atoms with Gasteiger partial charge in [-0.25, -0.2) is 0 Å². The Morgan fingerprint density at radius 2 is 2.00 bits per heavy atom. The number of carbonyl (C=O) groups excluding carboxylic acids is 2. The van der Waals surface area contributed by atoms with Gasteiger partial charge in [-0.05, 0) is 32.1 Å². The lowest BCUT2D eigenvalue weighted by molar-refractivity contribution is -0.147. The molecular weight excluding hydrogens is 216 g/mol. The number of nitrogens with one attached hydrogen (secondary N) is 1. The predicted octanol–water partition coefficient (Wildman–Crippen LogP) is 1.10. The molecule has 1 saturated carbocycles. The van der Waals surface area contributed by atoms with Gasteiger partial charge in [-0.2, -0.15) is 0 Å². The summed E-state index contributed by atoms with van der Waals surface area (Å²) in [6, 6.07) is 0.892. The van der Waals surface area contributed by atoms with Crippen LogP contribution in [0.25, 0.3) is 0 Å². The zero-order valence-electron chi connectivity index (χ0n) is 10.6. The topological polar surface area (TPSA) is 49.4 Å². The number of carbonyl (C=O) groups is 2. The van der Waals surface area contributed by atoms with E-state index in [-0.39, 0.29) is 17.7 Å². The van der Waals surface area contributed by atoms with E-state index in [1.807, 2.05) is 0 Å². The molecule has 1 aliphatic carbocycles. The number of Topliss-reactive ketones (excluding diaryl/α,β-unsaturated/α-hetero) is 1. The van der Waals surface area contributed by atoms with Crippen molar-refractivity contribution < 1.29 is 9.59 Å². The summed E-state index contributed by atoms with van der Waals surface area (Å²) >= 11 is 0. The van der Waals surface area contributed by atoms with Gasteiger partial charge in [0.05, 0.1) is 0 Å². The van der Waals surface area contributed by atoms with Gasteiger partial charge < -0.3 is 10.2 Å². The molecule has 4 nitrogen and oxygen atoms in total. The van der Waals surface area contributed by atoms with Gasteiger partial charge in [0.25, 0.3) is 5.91 Å². The van der Waals surface area contributed by atoms with E-state index in [0.29, 0.717) is 12.5 Å². The summed E-state index contributed by atoms with van der Waals surface area (Å²) in [6.45, 7) is 3.36. The SMILES string of the molecule is CCC(=O)C(=O)N1CCCCC1CNC1CC1. The third-order valence-corrected chi connectivity index (χ3v) is 3.67. The molecule has 1 saturated heterocycles. The van der Waals surface area contributed by atoms with E-state index in [4.69, 9.17) is 0 Å². The lowest BCUT2D eigenvalue weighted by atomic mass is 10.0. The molecule has 4 heteroatoms. The van der Waals surface area contributed by atoms with Crippen LogP contribution in [-0.2, 0) is 9.59 Å². The second-order valence-electron chi connectivity index (χ2n) is 5.11. The van der Waals surface area contributed by atoms with Crippen LogP contribution in [0.2, 0.25) is 0 Å². The van der Waals surface area contributed by atoms with E-state index >= 15 is 0 Å². The van der Waals surface area contributed by atoms with E-state index in [1.165, 1.54) is 19.3 Å². The predicted molar refractivity (Wildman–Crippen MR) is 65.7 cm³/mol. The van der Waals surface area contributed by atoms with Gasteiger partial charge in [-0.1, -0.05) is 6.92 Å². The van der Waals surface area contributed by atoms with Crippen molar-refractivity contribution in [1.29, 1.82) is 0 Å². The Hall–Kier alpha value is -0.900. The van der Waals surface area contributed by atoms with Crippen molar-refractivity contribution in [3.8, 4) is 0 Å². The maximum atomic E-state index is 11.9. The maximum absolute atomic E-state index is 11.9. The molecule has 1 unspecified atom stereocenters. The number of likely N-dealkylation sites (tertiary alicyclic amines) is 1. The molecular formula is C13H22N2O2. The second kappa shape index (κ2) is 5.63.